The van der Waals surface area contributed by atoms with Gasteiger partial charge in [-0.15, -0.1) is 0 Å². The maximum atomic E-state index is 12.9. The van der Waals surface area contributed by atoms with Crippen molar-refractivity contribution in [3.8, 4) is 0 Å². The van der Waals surface area contributed by atoms with Crippen LogP contribution >= 0.6 is 0 Å². The molecule has 1 aromatic rings. The summed E-state index contributed by atoms with van der Waals surface area (Å²) in [5, 5.41) is 0. The van der Waals surface area contributed by atoms with Gasteiger partial charge in [-0.25, -0.2) is 14.3 Å². The largest absolute Gasteiger partial charge is 0.462 e. The molecule has 0 aromatic carbocycles. The Bertz CT molecular complexity index is 1240. The summed E-state index contributed by atoms with van der Waals surface area (Å²) >= 11 is 0. The second-order valence-corrected chi connectivity index (χ2v) is 16.5. The van der Waals surface area contributed by atoms with Crippen LogP contribution in [0.1, 0.15) is 113 Å². The van der Waals surface area contributed by atoms with Crippen LogP contribution in [0.25, 0.3) is 0 Å². The molecule has 0 N–H and O–H groups in total. The van der Waals surface area contributed by atoms with Crippen molar-refractivity contribution in [1.29, 1.82) is 0 Å². The maximum absolute atomic E-state index is 12.9. The Hall–Kier alpha value is -2.11. The van der Waals surface area contributed by atoms with Gasteiger partial charge < -0.3 is 9.47 Å². The fourth-order valence-corrected chi connectivity index (χ4v) is 12.6. The van der Waals surface area contributed by atoms with E-state index in [1.54, 1.807) is 19.3 Å². The van der Waals surface area contributed by atoms with E-state index in [1.165, 1.54) is 48.6 Å². The highest BCUT2D eigenvalue weighted by molar-refractivity contribution is 5.70. The Morgan fingerprint density at radius 3 is 2.33 bits per heavy atom. The third-order valence-corrected chi connectivity index (χ3v) is 14.7. The molecule has 0 unspecified atom stereocenters. The smallest absolute Gasteiger partial charge is 0.419 e. The molecular weight excluding hydrogens is 524 g/mol. The van der Waals surface area contributed by atoms with Gasteiger partial charge in [0.05, 0.1) is 6.61 Å². The number of carbonyl (C=O) groups is 2. The first-order valence-electron chi connectivity index (χ1n) is 16.7. The van der Waals surface area contributed by atoms with E-state index in [0.29, 0.717) is 36.2 Å². The zero-order valence-electron chi connectivity index (χ0n) is 27.2. The molecule has 6 rings (SSSR count). The summed E-state index contributed by atoms with van der Waals surface area (Å²) in [6.07, 6.45) is 16.2. The maximum Gasteiger partial charge on any atom is 0.419 e. The number of carbonyl (C=O) groups excluding carboxylic acids is 2. The summed E-state index contributed by atoms with van der Waals surface area (Å²) in [6.45, 7) is 21.4. The minimum Gasteiger partial charge on any atom is -0.462 e. The monoisotopic (exact) mass is 578 g/mol. The van der Waals surface area contributed by atoms with E-state index in [4.69, 9.17) is 9.47 Å². The normalized spacial score (nSPS) is 45.5. The van der Waals surface area contributed by atoms with Crippen molar-refractivity contribution in [3.63, 3.8) is 0 Å². The number of rotatable bonds is 4. The molecule has 0 aliphatic heterocycles. The summed E-state index contributed by atoms with van der Waals surface area (Å²) in [5.74, 6) is 2.68. The fourth-order valence-electron chi connectivity index (χ4n) is 12.6. The molecule has 0 radical (unpaired) electrons. The number of allylic oxidation sites excluding steroid dienone is 1. The van der Waals surface area contributed by atoms with E-state index >= 15 is 0 Å². The van der Waals surface area contributed by atoms with Crippen molar-refractivity contribution < 1.29 is 19.1 Å². The van der Waals surface area contributed by atoms with Crippen molar-refractivity contribution in [2.45, 2.75) is 119 Å². The van der Waals surface area contributed by atoms with Gasteiger partial charge in [-0.3, -0.25) is 4.79 Å². The van der Waals surface area contributed by atoms with Gasteiger partial charge in [-0.1, -0.05) is 46.8 Å². The number of hydrogen-bond acceptors (Lipinski definition) is 5. The minimum atomic E-state index is -0.318. The van der Waals surface area contributed by atoms with Crippen LogP contribution in [0, 0.1) is 56.7 Å². The van der Waals surface area contributed by atoms with E-state index in [9.17, 15) is 9.59 Å². The number of hydrogen-bond donors (Lipinski definition) is 0. The molecule has 10 atom stereocenters. The van der Waals surface area contributed by atoms with Gasteiger partial charge in [-0.05, 0) is 117 Å². The highest BCUT2D eigenvalue weighted by Gasteiger charge is 2.71. The van der Waals surface area contributed by atoms with Crippen molar-refractivity contribution in [3.05, 3.63) is 30.9 Å². The molecular formula is C36H54N2O4. The third kappa shape index (κ3) is 4.12. The van der Waals surface area contributed by atoms with Crippen LogP contribution in [0.3, 0.4) is 0 Å². The molecule has 0 bridgehead atoms. The first-order valence-corrected chi connectivity index (χ1v) is 16.7. The zero-order valence-corrected chi connectivity index (χ0v) is 27.2. The minimum absolute atomic E-state index is 0.0134. The molecule has 0 spiro atoms. The lowest BCUT2D eigenvalue weighted by Crippen LogP contribution is -2.67. The summed E-state index contributed by atoms with van der Waals surface area (Å²) in [5.41, 5.74) is 2.06. The van der Waals surface area contributed by atoms with Crippen LogP contribution in [0.5, 0.6) is 0 Å². The average molecular weight is 579 g/mol. The van der Waals surface area contributed by atoms with E-state index in [1.807, 2.05) is 0 Å². The molecule has 5 aliphatic rings. The first-order chi connectivity index (χ1) is 19.7. The summed E-state index contributed by atoms with van der Waals surface area (Å²) < 4.78 is 13.5. The van der Waals surface area contributed by atoms with Crippen molar-refractivity contribution in [1.82, 2.24) is 9.55 Å². The Morgan fingerprint density at radius 1 is 0.905 bits per heavy atom. The van der Waals surface area contributed by atoms with E-state index in [0.717, 1.165) is 32.1 Å². The van der Waals surface area contributed by atoms with E-state index < -0.39 is 0 Å². The second kappa shape index (κ2) is 9.95. The molecule has 5 fully saturated rings. The summed E-state index contributed by atoms with van der Waals surface area (Å²) in [6, 6.07) is 0. The van der Waals surface area contributed by atoms with Gasteiger partial charge >= 0.3 is 12.1 Å². The highest BCUT2D eigenvalue weighted by atomic mass is 16.6. The van der Waals surface area contributed by atoms with Gasteiger partial charge in [0, 0.05) is 30.1 Å². The van der Waals surface area contributed by atoms with Gasteiger partial charge in [-0.2, -0.15) is 0 Å². The molecule has 232 valence electrons. The van der Waals surface area contributed by atoms with Crippen molar-refractivity contribution in [2.24, 2.45) is 56.7 Å². The Kier molecular flexibility index (Phi) is 7.10. The lowest BCUT2D eigenvalue weighted by molar-refractivity contribution is -0.251. The van der Waals surface area contributed by atoms with Crippen LogP contribution in [0.15, 0.2) is 30.9 Å². The number of nitrogens with zero attached hydrogens (tertiary/aromatic N) is 2. The zero-order chi connectivity index (χ0) is 30.3. The predicted molar refractivity (Wildman–Crippen MR) is 163 cm³/mol. The van der Waals surface area contributed by atoms with Crippen molar-refractivity contribution >= 4 is 12.1 Å². The quantitative estimate of drug-likeness (QED) is 0.265. The molecule has 0 saturated heterocycles. The number of esters is 1. The SMILES string of the molecule is C=C(C)[C@@H]1CC[C@]2(COC(=O)n3ccnc3)CC[C@]3(C)[C@H](CC[C@@H]4[C@@]5(C)CC[C@H](OC(C)=O)C(C)(C)[C@@H]5CC[C@]43C)[C@@H]12. The molecule has 6 nitrogen and oxygen atoms in total. The molecule has 0 amide bonds. The van der Waals surface area contributed by atoms with Gasteiger partial charge in [0.15, 0.2) is 0 Å². The standard InChI is InChI=1S/C36H54N2O4/c1-23(2)25-11-16-36(21-41-31(40)38-20-19-37-22-38)18-17-34(7)26(30(25)36)9-10-28-33(6)14-13-29(42-24(3)39)32(4,5)27(33)12-15-35(28,34)8/h19-20,22,25-30H,1,9-18,21H2,2-8H3/t25-,26+,27-,28+,29-,30+,33-,34+,35+,36+/m0/s1. The lowest BCUT2D eigenvalue weighted by Gasteiger charge is -2.73. The molecule has 1 aromatic heterocycles. The molecule has 1 heterocycles. The van der Waals surface area contributed by atoms with E-state index in [2.05, 4.69) is 53.1 Å². The second-order valence-electron chi connectivity index (χ2n) is 16.5. The lowest BCUT2D eigenvalue weighted by atomic mass is 9.32. The van der Waals surface area contributed by atoms with Crippen LogP contribution in [0.4, 0.5) is 4.79 Å². The van der Waals surface area contributed by atoms with Crippen LogP contribution < -0.4 is 0 Å². The third-order valence-electron chi connectivity index (χ3n) is 14.7. The Morgan fingerprint density at radius 2 is 1.67 bits per heavy atom. The van der Waals surface area contributed by atoms with E-state index in [-0.39, 0.29) is 45.2 Å². The molecule has 6 heteroatoms. The fraction of sp³-hybridized carbons (Fsp3) is 0.806. The number of fused-ring (bicyclic) bond motifs is 7. The first kappa shape index (κ1) is 29.9. The summed E-state index contributed by atoms with van der Waals surface area (Å²) in [4.78, 5) is 28.9. The summed E-state index contributed by atoms with van der Waals surface area (Å²) in [7, 11) is 0. The number of aromatic nitrogens is 2. The van der Waals surface area contributed by atoms with Crippen LogP contribution in [-0.2, 0) is 14.3 Å². The molecule has 5 saturated carbocycles. The van der Waals surface area contributed by atoms with Crippen LogP contribution in [-0.4, -0.2) is 34.3 Å². The molecule has 5 aliphatic carbocycles. The Balaban J connectivity index is 1.31. The average Bonchev–Trinajstić information content (AvgIpc) is 3.58. The highest BCUT2D eigenvalue weighted by Crippen LogP contribution is 2.77. The number of ether oxygens (including phenoxy) is 2. The van der Waals surface area contributed by atoms with Crippen molar-refractivity contribution in [2.75, 3.05) is 6.61 Å². The molecule has 42 heavy (non-hydrogen) atoms. The van der Waals surface area contributed by atoms with Gasteiger partial charge in [0.2, 0.25) is 0 Å². The number of imidazole rings is 1. The Labute approximate surface area is 253 Å². The van der Waals surface area contributed by atoms with Crippen LogP contribution in [0.2, 0.25) is 0 Å². The predicted octanol–water partition coefficient (Wildman–Crippen LogP) is 8.46. The van der Waals surface area contributed by atoms with Gasteiger partial charge in [0.25, 0.3) is 0 Å². The topological polar surface area (TPSA) is 70.4 Å². The van der Waals surface area contributed by atoms with Gasteiger partial charge in [0.1, 0.15) is 12.4 Å².